The van der Waals surface area contributed by atoms with Crippen LogP contribution in [0.15, 0.2) is 53.8 Å². The first-order chi connectivity index (χ1) is 22.6. The van der Waals surface area contributed by atoms with E-state index in [4.69, 9.17) is 4.74 Å². The summed E-state index contributed by atoms with van der Waals surface area (Å²) in [5.41, 5.74) is 6.05. The van der Waals surface area contributed by atoms with Gasteiger partial charge in [-0.1, -0.05) is 18.7 Å². The van der Waals surface area contributed by atoms with E-state index in [9.17, 15) is 14.4 Å². The fourth-order valence-corrected chi connectivity index (χ4v) is 6.77. The second-order valence-corrected chi connectivity index (χ2v) is 12.5. The second kappa shape index (κ2) is 15.1. The number of rotatable bonds is 10. The Balaban J connectivity index is 1.49. The molecule has 0 spiro atoms. The Morgan fingerprint density at radius 2 is 1.79 bits per heavy atom. The fourth-order valence-electron chi connectivity index (χ4n) is 6.77. The maximum absolute atomic E-state index is 15.6. The number of aryl methyl sites for hydroxylation is 2. The molecule has 0 bridgehead atoms. The zero-order chi connectivity index (χ0) is 33.7. The monoisotopic (exact) mass is 643 g/mol. The number of nitrogens with one attached hydrogen (secondary N) is 2. The number of hydrogen-bond acceptors (Lipinski definition) is 6. The molecule has 3 heterocycles. The standard InChI is InChI=1S/C37H46FN5O4/c1-6-35(44)42-12-10-30(11-13-42)43(7-2)34-21-29(27-8-9-28(33(38)20-27)23-41-14-16-47-17-15-41)19-31(26(34)5)36(45)39-22-32-24(3)18-25(4)40-37(32)46/h6,8-9,18-21,30H,1,7,10-17,22-23H2,2-5H3,(H,39,45)(H,40,46). The lowest BCUT2D eigenvalue weighted by Gasteiger charge is -2.40. The zero-order valence-electron chi connectivity index (χ0n) is 28.0. The van der Waals surface area contributed by atoms with Crippen molar-refractivity contribution in [1.29, 1.82) is 0 Å². The second-order valence-electron chi connectivity index (χ2n) is 12.5. The SMILES string of the molecule is C=CC(=O)N1CCC(N(CC)c2cc(-c3ccc(CN4CCOCC4)c(F)c3)cc(C(=O)NCc3c(C)cc(C)[nH]c3=O)c2C)CC1. The van der Waals surface area contributed by atoms with Crippen molar-refractivity contribution in [1.82, 2.24) is 20.1 Å². The molecule has 47 heavy (non-hydrogen) atoms. The van der Waals surface area contributed by atoms with Crippen molar-refractivity contribution in [2.24, 2.45) is 0 Å². The fraction of sp³-hybridized carbons (Fsp3) is 0.432. The lowest BCUT2D eigenvalue weighted by molar-refractivity contribution is -0.127. The van der Waals surface area contributed by atoms with Crippen LogP contribution in [-0.2, 0) is 22.6 Å². The van der Waals surface area contributed by atoms with Crippen LogP contribution in [0.25, 0.3) is 11.1 Å². The first-order valence-electron chi connectivity index (χ1n) is 16.5. The number of carbonyl (C=O) groups excluding carboxylic acids is 2. The van der Waals surface area contributed by atoms with Crippen LogP contribution in [0.2, 0.25) is 0 Å². The number of morpholine rings is 1. The third-order valence-electron chi connectivity index (χ3n) is 9.47. The molecule has 0 unspecified atom stereocenters. The Bertz CT molecular complexity index is 1690. The van der Waals surface area contributed by atoms with E-state index >= 15 is 4.39 Å². The van der Waals surface area contributed by atoms with Crippen LogP contribution in [0, 0.1) is 26.6 Å². The van der Waals surface area contributed by atoms with E-state index in [1.807, 2.05) is 56.0 Å². The molecule has 2 N–H and O–H groups in total. The van der Waals surface area contributed by atoms with Crippen molar-refractivity contribution < 1.29 is 18.7 Å². The predicted molar refractivity (Wildman–Crippen MR) is 183 cm³/mol. The third kappa shape index (κ3) is 7.82. The van der Waals surface area contributed by atoms with Crippen molar-refractivity contribution in [3.05, 3.63) is 98.7 Å². The molecule has 2 aliphatic rings. The number of hydrogen-bond donors (Lipinski definition) is 2. The molecule has 2 fully saturated rings. The number of likely N-dealkylation sites (tertiary alicyclic amines) is 1. The topological polar surface area (TPSA) is 98.0 Å². The van der Waals surface area contributed by atoms with E-state index in [-0.39, 0.29) is 35.8 Å². The summed E-state index contributed by atoms with van der Waals surface area (Å²) in [6.45, 7) is 16.7. The molecule has 2 amide bonds. The minimum atomic E-state index is -0.308. The van der Waals surface area contributed by atoms with E-state index in [0.29, 0.717) is 61.6 Å². The largest absolute Gasteiger partial charge is 0.379 e. The molecule has 10 heteroatoms. The molecule has 2 aliphatic heterocycles. The number of nitrogens with zero attached hydrogens (tertiary/aromatic N) is 3. The number of halogens is 1. The Kier molecular flexibility index (Phi) is 10.9. The average Bonchev–Trinajstić information content (AvgIpc) is 3.06. The van der Waals surface area contributed by atoms with Crippen LogP contribution in [0.1, 0.15) is 58.1 Å². The van der Waals surface area contributed by atoms with E-state index in [0.717, 1.165) is 54.0 Å². The van der Waals surface area contributed by atoms with Crippen LogP contribution >= 0.6 is 0 Å². The van der Waals surface area contributed by atoms with Crippen LogP contribution in [0.4, 0.5) is 10.1 Å². The number of amides is 2. The quantitative estimate of drug-likeness (QED) is 0.306. The average molecular weight is 644 g/mol. The number of carbonyl (C=O) groups is 2. The van der Waals surface area contributed by atoms with E-state index in [2.05, 4.69) is 33.6 Å². The number of anilines is 1. The number of ether oxygens (including phenoxy) is 1. The molecule has 2 saturated heterocycles. The smallest absolute Gasteiger partial charge is 0.253 e. The van der Waals surface area contributed by atoms with Gasteiger partial charge in [0.1, 0.15) is 5.82 Å². The highest BCUT2D eigenvalue weighted by Gasteiger charge is 2.28. The third-order valence-corrected chi connectivity index (χ3v) is 9.47. The highest BCUT2D eigenvalue weighted by Crippen LogP contribution is 2.35. The van der Waals surface area contributed by atoms with Crippen LogP contribution in [0.3, 0.4) is 0 Å². The minimum absolute atomic E-state index is 0.0645. The molecule has 0 saturated carbocycles. The Labute approximate surface area is 276 Å². The van der Waals surface area contributed by atoms with Gasteiger partial charge in [0.25, 0.3) is 11.5 Å². The maximum Gasteiger partial charge on any atom is 0.253 e. The van der Waals surface area contributed by atoms with Crippen molar-refractivity contribution in [2.75, 3.05) is 50.8 Å². The molecule has 0 radical (unpaired) electrons. The Morgan fingerprint density at radius 1 is 1.06 bits per heavy atom. The summed E-state index contributed by atoms with van der Waals surface area (Å²) >= 11 is 0. The molecule has 9 nitrogen and oxygen atoms in total. The number of H-pyrrole nitrogens is 1. The first-order valence-corrected chi connectivity index (χ1v) is 16.5. The predicted octanol–water partition coefficient (Wildman–Crippen LogP) is 4.87. The number of pyridine rings is 1. The summed E-state index contributed by atoms with van der Waals surface area (Å²) in [5, 5.41) is 2.97. The summed E-state index contributed by atoms with van der Waals surface area (Å²) < 4.78 is 21.0. The van der Waals surface area contributed by atoms with Gasteiger partial charge in [-0.05, 0) is 93.1 Å². The van der Waals surface area contributed by atoms with Gasteiger partial charge in [-0.25, -0.2) is 4.39 Å². The summed E-state index contributed by atoms with van der Waals surface area (Å²) in [6, 6.07) is 11.2. The molecule has 250 valence electrons. The van der Waals surface area contributed by atoms with Crippen molar-refractivity contribution in [3.63, 3.8) is 0 Å². The van der Waals surface area contributed by atoms with Gasteiger partial charge in [-0.15, -0.1) is 0 Å². The highest BCUT2D eigenvalue weighted by molar-refractivity contribution is 5.99. The number of aromatic amines is 1. The Hall–Kier alpha value is -4.28. The van der Waals surface area contributed by atoms with Gasteiger partial charge in [0, 0.05) is 79.9 Å². The van der Waals surface area contributed by atoms with Crippen molar-refractivity contribution in [2.45, 2.75) is 59.7 Å². The minimum Gasteiger partial charge on any atom is -0.379 e. The van der Waals surface area contributed by atoms with E-state index in [1.165, 1.54) is 6.08 Å². The molecule has 0 aliphatic carbocycles. The number of aromatic nitrogens is 1. The van der Waals surface area contributed by atoms with Crippen LogP contribution in [0.5, 0.6) is 0 Å². The van der Waals surface area contributed by atoms with Gasteiger partial charge in [-0.2, -0.15) is 0 Å². The lowest BCUT2D eigenvalue weighted by Crippen LogP contribution is -2.46. The van der Waals surface area contributed by atoms with Crippen molar-refractivity contribution >= 4 is 17.5 Å². The molecule has 2 aromatic carbocycles. The van der Waals surface area contributed by atoms with Gasteiger partial charge in [0.15, 0.2) is 0 Å². The van der Waals surface area contributed by atoms with E-state index in [1.54, 1.807) is 6.07 Å². The Morgan fingerprint density at radius 3 is 2.43 bits per heavy atom. The van der Waals surface area contributed by atoms with Crippen molar-refractivity contribution in [3.8, 4) is 11.1 Å². The van der Waals surface area contributed by atoms with Gasteiger partial charge in [-0.3, -0.25) is 19.3 Å². The molecule has 5 rings (SSSR count). The van der Waals surface area contributed by atoms with Crippen LogP contribution < -0.4 is 15.8 Å². The molecular weight excluding hydrogens is 597 g/mol. The lowest BCUT2D eigenvalue weighted by atomic mass is 9.94. The number of benzene rings is 2. The maximum atomic E-state index is 15.6. The first kappa shape index (κ1) is 34.1. The number of piperidine rings is 1. The molecule has 3 aromatic rings. The van der Waals surface area contributed by atoms with Gasteiger partial charge in [0.05, 0.1) is 13.2 Å². The van der Waals surface area contributed by atoms with Crippen LogP contribution in [-0.4, -0.2) is 78.6 Å². The molecular formula is C37H46FN5O4. The normalized spacial score (nSPS) is 15.8. The summed E-state index contributed by atoms with van der Waals surface area (Å²) in [5.74, 6) is -0.662. The summed E-state index contributed by atoms with van der Waals surface area (Å²) in [6.07, 6.45) is 2.91. The van der Waals surface area contributed by atoms with Gasteiger partial charge in [0.2, 0.25) is 5.91 Å². The molecule has 0 atom stereocenters. The van der Waals surface area contributed by atoms with Gasteiger partial charge < -0.3 is 24.8 Å². The highest BCUT2D eigenvalue weighted by atomic mass is 19.1. The molecule has 1 aromatic heterocycles. The van der Waals surface area contributed by atoms with E-state index < -0.39 is 0 Å². The van der Waals surface area contributed by atoms with Gasteiger partial charge >= 0.3 is 0 Å². The zero-order valence-corrected chi connectivity index (χ0v) is 28.0. The summed E-state index contributed by atoms with van der Waals surface area (Å²) in [4.78, 5) is 47.9. The summed E-state index contributed by atoms with van der Waals surface area (Å²) in [7, 11) is 0.